The highest BCUT2D eigenvalue weighted by molar-refractivity contribution is 7.92. The Morgan fingerprint density at radius 2 is 1.44 bits per heavy atom. The van der Waals surface area contributed by atoms with Crippen molar-refractivity contribution in [3.05, 3.63) is 59.7 Å². The number of rotatable bonds is 5. The zero-order valence-corrected chi connectivity index (χ0v) is 15.8. The number of hydrogen-bond acceptors (Lipinski definition) is 3. The Labute approximate surface area is 149 Å². The van der Waals surface area contributed by atoms with Crippen LogP contribution in [0.25, 0.3) is 0 Å². The van der Waals surface area contributed by atoms with Crippen LogP contribution < -0.4 is 10.0 Å². The minimum atomic E-state index is -3.32. The first-order valence-electron chi connectivity index (χ1n) is 8.13. The summed E-state index contributed by atoms with van der Waals surface area (Å²) in [5.74, 6) is -0.242. The number of sulfonamides is 1. The van der Waals surface area contributed by atoms with E-state index in [0.29, 0.717) is 16.9 Å². The summed E-state index contributed by atoms with van der Waals surface area (Å²) in [5, 5.41) is 2.84. The second-order valence-electron chi connectivity index (χ2n) is 6.86. The Bertz CT molecular complexity index is 834. The SMILES string of the molecule is CCS(=O)(=O)Nc1ccc(C(=O)Nc2ccc(C(C)(C)C)cc2)cc1. The van der Waals surface area contributed by atoms with Crippen LogP contribution in [0.1, 0.15) is 43.6 Å². The summed E-state index contributed by atoms with van der Waals surface area (Å²) in [6, 6.07) is 14.1. The van der Waals surface area contributed by atoms with Gasteiger partial charge in [-0.3, -0.25) is 9.52 Å². The molecule has 2 rings (SSSR count). The van der Waals surface area contributed by atoms with E-state index in [1.54, 1.807) is 31.2 Å². The first-order chi connectivity index (χ1) is 11.6. The molecule has 0 aliphatic rings. The lowest BCUT2D eigenvalue weighted by Gasteiger charge is -2.19. The van der Waals surface area contributed by atoms with E-state index in [1.165, 1.54) is 5.56 Å². The molecular weight excluding hydrogens is 336 g/mol. The molecule has 2 aromatic rings. The molecule has 0 aromatic heterocycles. The third-order valence-electron chi connectivity index (χ3n) is 3.81. The minimum absolute atomic E-state index is 0.000200. The van der Waals surface area contributed by atoms with Crippen LogP contribution in [0.3, 0.4) is 0 Å². The van der Waals surface area contributed by atoms with Gasteiger partial charge in [-0.1, -0.05) is 32.9 Å². The average molecular weight is 360 g/mol. The number of benzene rings is 2. The molecular formula is C19H24N2O3S. The van der Waals surface area contributed by atoms with Crippen molar-refractivity contribution in [1.82, 2.24) is 0 Å². The third kappa shape index (κ3) is 5.32. The van der Waals surface area contributed by atoms with Crippen LogP contribution in [-0.4, -0.2) is 20.1 Å². The average Bonchev–Trinajstić information content (AvgIpc) is 2.55. The Morgan fingerprint density at radius 3 is 1.92 bits per heavy atom. The molecule has 2 N–H and O–H groups in total. The summed E-state index contributed by atoms with van der Waals surface area (Å²) < 4.78 is 25.5. The topological polar surface area (TPSA) is 75.3 Å². The van der Waals surface area contributed by atoms with Crippen LogP contribution in [0.2, 0.25) is 0 Å². The summed E-state index contributed by atoms with van der Waals surface area (Å²) in [5.41, 5.74) is 2.86. The normalized spacial score (nSPS) is 11.8. The predicted molar refractivity (Wildman–Crippen MR) is 103 cm³/mol. The zero-order chi connectivity index (χ0) is 18.7. The van der Waals surface area contributed by atoms with Crippen LogP contribution >= 0.6 is 0 Å². The van der Waals surface area contributed by atoms with E-state index in [0.717, 1.165) is 0 Å². The molecule has 0 radical (unpaired) electrons. The molecule has 0 aliphatic carbocycles. The van der Waals surface area contributed by atoms with Gasteiger partial charge in [-0.05, 0) is 54.3 Å². The number of hydrogen-bond donors (Lipinski definition) is 2. The van der Waals surface area contributed by atoms with Crippen molar-refractivity contribution < 1.29 is 13.2 Å². The molecule has 0 spiro atoms. The molecule has 0 fully saturated rings. The van der Waals surface area contributed by atoms with E-state index in [1.807, 2.05) is 24.3 Å². The summed E-state index contributed by atoms with van der Waals surface area (Å²) >= 11 is 0. The van der Waals surface area contributed by atoms with Crippen molar-refractivity contribution in [2.75, 3.05) is 15.8 Å². The van der Waals surface area contributed by atoms with E-state index in [2.05, 4.69) is 30.8 Å². The van der Waals surface area contributed by atoms with E-state index in [-0.39, 0.29) is 17.1 Å². The summed E-state index contributed by atoms with van der Waals surface area (Å²) in [7, 11) is -3.32. The van der Waals surface area contributed by atoms with Crippen molar-refractivity contribution in [1.29, 1.82) is 0 Å². The largest absolute Gasteiger partial charge is 0.322 e. The number of amides is 1. The monoisotopic (exact) mass is 360 g/mol. The van der Waals surface area contributed by atoms with Gasteiger partial charge in [-0.2, -0.15) is 0 Å². The number of carbonyl (C=O) groups excluding carboxylic acids is 1. The maximum atomic E-state index is 12.3. The van der Waals surface area contributed by atoms with Crippen LogP contribution in [0.15, 0.2) is 48.5 Å². The molecule has 25 heavy (non-hydrogen) atoms. The molecule has 0 aliphatic heterocycles. The van der Waals surface area contributed by atoms with Gasteiger partial charge in [0.25, 0.3) is 5.91 Å². The fourth-order valence-corrected chi connectivity index (χ4v) is 2.84. The molecule has 0 unspecified atom stereocenters. The van der Waals surface area contributed by atoms with Gasteiger partial charge in [-0.15, -0.1) is 0 Å². The van der Waals surface area contributed by atoms with Gasteiger partial charge in [0.2, 0.25) is 10.0 Å². The fourth-order valence-electron chi connectivity index (χ4n) is 2.20. The standard InChI is InChI=1S/C19H24N2O3S/c1-5-25(23,24)21-17-10-6-14(7-11-17)18(22)20-16-12-8-15(9-13-16)19(2,3)4/h6-13,21H,5H2,1-4H3,(H,20,22). The molecule has 0 saturated heterocycles. The Balaban J connectivity index is 2.06. The van der Waals surface area contributed by atoms with Crippen molar-refractivity contribution in [3.8, 4) is 0 Å². The fraction of sp³-hybridized carbons (Fsp3) is 0.316. The first-order valence-corrected chi connectivity index (χ1v) is 9.78. The number of carbonyl (C=O) groups is 1. The predicted octanol–water partition coefficient (Wildman–Crippen LogP) is 4.00. The molecule has 0 heterocycles. The van der Waals surface area contributed by atoms with E-state index in [9.17, 15) is 13.2 Å². The van der Waals surface area contributed by atoms with Crippen LogP contribution in [0.5, 0.6) is 0 Å². The third-order valence-corrected chi connectivity index (χ3v) is 5.12. The Morgan fingerprint density at radius 1 is 0.920 bits per heavy atom. The maximum Gasteiger partial charge on any atom is 0.255 e. The lowest BCUT2D eigenvalue weighted by molar-refractivity contribution is 0.102. The smallest absolute Gasteiger partial charge is 0.255 e. The van der Waals surface area contributed by atoms with E-state index in [4.69, 9.17) is 0 Å². The number of nitrogens with one attached hydrogen (secondary N) is 2. The lowest BCUT2D eigenvalue weighted by atomic mass is 9.87. The first kappa shape index (κ1) is 19.0. The zero-order valence-electron chi connectivity index (χ0n) is 15.0. The van der Waals surface area contributed by atoms with Crippen molar-refractivity contribution in [3.63, 3.8) is 0 Å². The van der Waals surface area contributed by atoms with Gasteiger partial charge >= 0.3 is 0 Å². The maximum absolute atomic E-state index is 12.3. The summed E-state index contributed by atoms with van der Waals surface area (Å²) in [6.45, 7) is 7.97. The van der Waals surface area contributed by atoms with E-state index < -0.39 is 10.0 Å². The summed E-state index contributed by atoms with van der Waals surface area (Å²) in [4.78, 5) is 12.3. The van der Waals surface area contributed by atoms with Gasteiger partial charge in [0.1, 0.15) is 0 Å². The van der Waals surface area contributed by atoms with Crippen molar-refractivity contribution in [2.45, 2.75) is 33.1 Å². The van der Waals surface area contributed by atoms with Gasteiger partial charge in [0, 0.05) is 16.9 Å². The van der Waals surface area contributed by atoms with Crippen LogP contribution in [-0.2, 0) is 15.4 Å². The highest BCUT2D eigenvalue weighted by Gasteiger charge is 2.13. The summed E-state index contributed by atoms with van der Waals surface area (Å²) in [6.07, 6.45) is 0. The molecule has 0 atom stereocenters. The molecule has 6 heteroatoms. The quantitative estimate of drug-likeness (QED) is 0.846. The molecule has 0 bridgehead atoms. The highest BCUT2D eigenvalue weighted by Crippen LogP contribution is 2.23. The molecule has 1 amide bonds. The van der Waals surface area contributed by atoms with Crippen LogP contribution in [0, 0.1) is 0 Å². The molecule has 0 saturated carbocycles. The molecule has 5 nitrogen and oxygen atoms in total. The second-order valence-corrected chi connectivity index (χ2v) is 8.88. The Kier molecular flexibility index (Phi) is 5.52. The minimum Gasteiger partial charge on any atom is -0.322 e. The van der Waals surface area contributed by atoms with Crippen LogP contribution in [0.4, 0.5) is 11.4 Å². The van der Waals surface area contributed by atoms with Gasteiger partial charge < -0.3 is 5.32 Å². The highest BCUT2D eigenvalue weighted by atomic mass is 32.2. The number of anilines is 2. The lowest BCUT2D eigenvalue weighted by Crippen LogP contribution is -2.15. The Hall–Kier alpha value is -2.34. The van der Waals surface area contributed by atoms with Crippen molar-refractivity contribution in [2.24, 2.45) is 0 Å². The van der Waals surface area contributed by atoms with Gasteiger partial charge in [0.15, 0.2) is 0 Å². The van der Waals surface area contributed by atoms with Gasteiger partial charge in [-0.25, -0.2) is 8.42 Å². The van der Waals surface area contributed by atoms with E-state index >= 15 is 0 Å². The molecule has 134 valence electrons. The van der Waals surface area contributed by atoms with Gasteiger partial charge in [0.05, 0.1) is 5.75 Å². The van der Waals surface area contributed by atoms with Crippen molar-refractivity contribution >= 4 is 27.3 Å². The molecule has 2 aromatic carbocycles. The second kappa shape index (κ2) is 7.27.